The number of benzene rings is 2. The molecular formula is C21H23ClN2O2. The van der Waals surface area contributed by atoms with Crippen molar-refractivity contribution in [3.8, 4) is 0 Å². The number of rotatable bonds is 3. The molecule has 4 nitrogen and oxygen atoms in total. The molecule has 2 aliphatic rings. The van der Waals surface area contributed by atoms with Crippen molar-refractivity contribution in [2.45, 2.75) is 25.6 Å². The fraction of sp³-hybridized carbons (Fsp3) is 0.381. The van der Waals surface area contributed by atoms with Crippen molar-refractivity contribution in [3.05, 3.63) is 70.2 Å². The first kappa shape index (κ1) is 17.5. The van der Waals surface area contributed by atoms with Gasteiger partial charge in [0.1, 0.15) is 0 Å². The van der Waals surface area contributed by atoms with Gasteiger partial charge in [0.25, 0.3) is 5.91 Å². The minimum absolute atomic E-state index is 0.0665. The van der Waals surface area contributed by atoms with E-state index in [-0.39, 0.29) is 18.1 Å². The van der Waals surface area contributed by atoms with E-state index in [2.05, 4.69) is 29.2 Å². The first-order valence-electron chi connectivity index (χ1n) is 9.07. The molecule has 2 aromatic rings. The van der Waals surface area contributed by atoms with Crippen LogP contribution >= 0.6 is 11.6 Å². The number of hydrogen-bond acceptors (Lipinski definition) is 3. The minimum Gasteiger partial charge on any atom is -0.373 e. The number of nitrogens with zero attached hydrogens (tertiary/aromatic N) is 2. The van der Waals surface area contributed by atoms with Gasteiger partial charge in [-0.05, 0) is 36.2 Å². The lowest BCUT2D eigenvalue weighted by molar-refractivity contribution is -0.0503. The van der Waals surface area contributed by atoms with E-state index in [1.54, 1.807) is 6.07 Å². The topological polar surface area (TPSA) is 32.8 Å². The number of ether oxygens (including phenoxy) is 1. The van der Waals surface area contributed by atoms with Crippen LogP contribution in [-0.2, 0) is 11.3 Å². The van der Waals surface area contributed by atoms with Gasteiger partial charge in [0, 0.05) is 36.8 Å². The number of fused-ring (bicyclic) bond motifs is 1. The van der Waals surface area contributed by atoms with Crippen LogP contribution in [0.3, 0.4) is 0 Å². The molecule has 4 rings (SSSR count). The quantitative estimate of drug-likeness (QED) is 0.830. The summed E-state index contributed by atoms with van der Waals surface area (Å²) < 4.78 is 5.98. The van der Waals surface area contributed by atoms with Gasteiger partial charge in [-0.15, -0.1) is 0 Å². The number of morpholine rings is 1. The molecule has 1 amide bonds. The van der Waals surface area contributed by atoms with Crippen LogP contribution in [0.4, 0.5) is 0 Å². The normalized spacial score (nSPS) is 23.1. The molecule has 2 atom stereocenters. The highest BCUT2D eigenvalue weighted by molar-refractivity contribution is 6.30. The zero-order valence-electron chi connectivity index (χ0n) is 14.9. The molecule has 0 radical (unpaired) electrons. The lowest BCUT2D eigenvalue weighted by atomic mass is 10.1. The third-order valence-corrected chi connectivity index (χ3v) is 5.59. The van der Waals surface area contributed by atoms with E-state index in [0.717, 1.165) is 30.8 Å². The maximum absolute atomic E-state index is 13.0. The van der Waals surface area contributed by atoms with E-state index >= 15 is 0 Å². The fourth-order valence-electron chi connectivity index (χ4n) is 3.98. The van der Waals surface area contributed by atoms with Gasteiger partial charge >= 0.3 is 0 Å². The van der Waals surface area contributed by atoms with Gasteiger partial charge < -0.3 is 9.64 Å². The molecule has 0 saturated carbocycles. The summed E-state index contributed by atoms with van der Waals surface area (Å²) in [6, 6.07) is 16.2. The van der Waals surface area contributed by atoms with E-state index in [4.69, 9.17) is 16.3 Å². The second kappa shape index (κ2) is 7.39. The van der Waals surface area contributed by atoms with Crippen molar-refractivity contribution in [1.29, 1.82) is 0 Å². The number of aryl methyl sites for hydroxylation is 1. The molecule has 2 fully saturated rings. The maximum Gasteiger partial charge on any atom is 0.254 e. The van der Waals surface area contributed by atoms with Gasteiger partial charge in [-0.25, -0.2) is 0 Å². The number of amides is 1. The lowest BCUT2D eigenvalue weighted by Crippen LogP contribution is -2.50. The monoisotopic (exact) mass is 370 g/mol. The van der Waals surface area contributed by atoms with Gasteiger partial charge in [0.2, 0.25) is 0 Å². The second-order valence-electron chi connectivity index (χ2n) is 7.10. The fourth-order valence-corrected chi connectivity index (χ4v) is 4.20. The molecule has 26 heavy (non-hydrogen) atoms. The highest BCUT2D eigenvalue weighted by atomic mass is 35.5. The Labute approximate surface area is 159 Å². The van der Waals surface area contributed by atoms with E-state index in [1.807, 2.05) is 30.0 Å². The molecule has 0 aliphatic carbocycles. The Bertz CT molecular complexity index is 796. The van der Waals surface area contributed by atoms with Crippen molar-refractivity contribution in [1.82, 2.24) is 9.80 Å². The molecule has 0 N–H and O–H groups in total. The third kappa shape index (κ3) is 3.50. The molecule has 136 valence electrons. The number of halogens is 1. The van der Waals surface area contributed by atoms with Gasteiger partial charge in [0.05, 0.1) is 18.8 Å². The Morgan fingerprint density at radius 2 is 2.00 bits per heavy atom. The second-order valence-corrected chi connectivity index (χ2v) is 7.54. The van der Waals surface area contributed by atoms with E-state index in [0.29, 0.717) is 18.1 Å². The van der Waals surface area contributed by atoms with Crippen LogP contribution < -0.4 is 0 Å². The van der Waals surface area contributed by atoms with Gasteiger partial charge in [-0.1, -0.05) is 41.9 Å². The van der Waals surface area contributed by atoms with E-state index in [9.17, 15) is 4.79 Å². The van der Waals surface area contributed by atoms with Crippen LogP contribution in [0.5, 0.6) is 0 Å². The highest BCUT2D eigenvalue weighted by Gasteiger charge is 2.42. The van der Waals surface area contributed by atoms with Crippen LogP contribution in [0, 0.1) is 6.92 Å². The van der Waals surface area contributed by atoms with Gasteiger partial charge in [-0.3, -0.25) is 9.69 Å². The van der Waals surface area contributed by atoms with Gasteiger partial charge in [0.15, 0.2) is 0 Å². The van der Waals surface area contributed by atoms with Crippen LogP contribution in [0.25, 0.3) is 0 Å². The van der Waals surface area contributed by atoms with Crippen LogP contribution in [0.2, 0.25) is 5.02 Å². The minimum atomic E-state index is 0.0665. The molecule has 5 heteroatoms. The first-order chi connectivity index (χ1) is 12.6. The summed E-state index contributed by atoms with van der Waals surface area (Å²) in [4.78, 5) is 17.4. The number of carbonyl (C=O) groups is 1. The standard InChI is InChI=1S/C21H23ClN2O2/c1-15-11-17(22)7-8-18(15)21(25)24-13-19-20(14-24)26-10-9-23(19)12-16-5-3-2-4-6-16/h2-8,11,19-20H,9-10,12-14H2,1H3/t19-,20+/m1/s1. The largest absolute Gasteiger partial charge is 0.373 e. The average Bonchev–Trinajstić information content (AvgIpc) is 3.07. The van der Waals surface area contributed by atoms with Crippen molar-refractivity contribution in [2.24, 2.45) is 0 Å². The SMILES string of the molecule is Cc1cc(Cl)ccc1C(=O)N1C[C@@H]2OCCN(Cc3ccccc3)[C@@H]2C1. The number of hydrogen-bond donors (Lipinski definition) is 0. The van der Waals surface area contributed by atoms with E-state index in [1.165, 1.54) is 5.56 Å². The third-order valence-electron chi connectivity index (χ3n) is 5.35. The highest BCUT2D eigenvalue weighted by Crippen LogP contribution is 2.27. The number of carbonyl (C=O) groups excluding carboxylic acids is 1. The summed E-state index contributed by atoms with van der Waals surface area (Å²) in [5, 5.41) is 0.659. The number of likely N-dealkylation sites (tertiary alicyclic amines) is 1. The summed E-state index contributed by atoms with van der Waals surface area (Å²) in [6.07, 6.45) is 0.0871. The summed E-state index contributed by atoms with van der Waals surface area (Å²) in [5.41, 5.74) is 2.94. The first-order valence-corrected chi connectivity index (χ1v) is 9.44. The molecule has 2 saturated heterocycles. The maximum atomic E-state index is 13.0. The van der Waals surface area contributed by atoms with Crippen molar-refractivity contribution in [3.63, 3.8) is 0 Å². The zero-order chi connectivity index (χ0) is 18.1. The van der Waals surface area contributed by atoms with Crippen molar-refractivity contribution < 1.29 is 9.53 Å². The Morgan fingerprint density at radius 3 is 2.77 bits per heavy atom. The molecule has 0 unspecified atom stereocenters. The predicted molar refractivity (Wildman–Crippen MR) is 102 cm³/mol. The summed E-state index contributed by atoms with van der Waals surface area (Å²) >= 11 is 6.03. The van der Waals surface area contributed by atoms with E-state index < -0.39 is 0 Å². The average molecular weight is 371 g/mol. The van der Waals surface area contributed by atoms with Gasteiger partial charge in [-0.2, -0.15) is 0 Å². The smallest absolute Gasteiger partial charge is 0.254 e. The Hall–Kier alpha value is -1.88. The molecule has 0 bridgehead atoms. The Morgan fingerprint density at radius 1 is 1.19 bits per heavy atom. The molecule has 2 aliphatic heterocycles. The lowest BCUT2D eigenvalue weighted by Gasteiger charge is -2.36. The zero-order valence-corrected chi connectivity index (χ0v) is 15.7. The molecule has 0 spiro atoms. The van der Waals surface area contributed by atoms with Crippen molar-refractivity contribution in [2.75, 3.05) is 26.2 Å². The summed E-state index contributed by atoms with van der Waals surface area (Å²) in [7, 11) is 0. The van der Waals surface area contributed by atoms with Crippen LogP contribution in [0.15, 0.2) is 48.5 Å². The molecule has 2 heterocycles. The van der Waals surface area contributed by atoms with Crippen LogP contribution in [0.1, 0.15) is 21.5 Å². The van der Waals surface area contributed by atoms with Crippen molar-refractivity contribution >= 4 is 17.5 Å². The molecule has 2 aromatic carbocycles. The summed E-state index contributed by atoms with van der Waals surface area (Å²) in [5.74, 6) is 0.0665. The Kier molecular flexibility index (Phi) is 4.98. The van der Waals surface area contributed by atoms with Crippen LogP contribution in [-0.4, -0.2) is 54.1 Å². The molecule has 0 aromatic heterocycles. The summed E-state index contributed by atoms with van der Waals surface area (Å²) in [6.45, 7) is 5.80. The predicted octanol–water partition coefficient (Wildman–Crippen LogP) is 3.37. The molecular weight excluding hydrogens is 348 g/mol. The Balaban J connectivity index is 1.49.